The van der Waals surface area contributed by atoms with E-state index in [4.69, 9.17) is 0 Å². The van der Waals surface area contributed by atoms with Gasteiger partial charge in [-0.05, 0) is 38.2 Å². The second-order valence-corrected chi connectivity index (χ2v) is 6.56. The zero-order chi connectivity index (χ0) is 15.2. The maximum atomic E-state index is 13.2. The maximum absolute atomic E-state index is 13.2. The van der Waals surface area contributed by atoms with Gasteiger partial charge in [-0.2, -0.15) is 0 Å². The van der Waals surface area contributed by atoms with Crippen LogP contribution in [0.15, 0.2) is 36.5 Å². The molecule has 1 saturated heterocycles. The summed E-state index contributed by atoms with van der Waals surface area (Å²) in [4.78, 5) is 23.0. The number of benzene rings is 1. The molecule has 0 unspecified atom stereocenters. The number of nitrogens with one attached hydrogen (secondary N) is 1. The molecule has 0 bridgehead atoms. The van der Waals surface area contributed by atoms with Crippen LogP contribution in [-0.4, -0.2) is 27.3 Å². The molecule has 1 atom stereocenters. The Balaban J connectivity index is 1.62. The molecule has 1 amide bonds. The lowest BCUT2D eigenvalue weighted by Gasteiger charge is -2.28. The van der Waals surface area contributed by atoms with Gasteiger partial charge in [-0.3, -0.25) is 4.79 Å². The SMILES string of the molecule is Cc1cnc([C@@H]2CCCN2C(=O)C2(c3ccccc3)CC2)[nH]1. The molecule has 1 aromatic heterocycles. The van der Waals surface area contributed by atoms with Crippen molar-refractivity contribution in [3.63, 3.8) is 0 Å². The molecule has 1 saturated carbocycles. The van der Waals surface area contributed by atoms with E-state index in [0.717, 1.165) is 43.7 Å². The highest BCUT2D eigenvalue weighted by Gasteiger charge is 2.54. The van der Waals surface area contributed by atoms with Crippen molar-refractivity contribution >= 4 is 5.91 Å². The fourth-order valence-corrected chi connectivity index (χ4v) is 3.68. The summed E-state index contributed by atoms with van der Waals surface area (Å²) in [5.41, 5.74) is 1.95. The van der Waals surface area contributed by atoms with Crippen molar-refractivity contribution < 1.29 is 4.79 Å². The van der Waals surface area contributed by atoms with Gasteiger partial charge < -0.3 is 9.88 Å². The molecule has 2 aromatic rings. The topological polar surface area (TPSA) is 49.0 Å². The molecular weight excluding hydrogens is 274 g/mol. The minimum absolute atomic E-state index is 0.113. The van der Waals surface area contributed by atoms with Crippen LogP contribution in [0.3, 0.4) is 0 Å². The van der Waals surface area contributed by atoms with E-state index < -0.39 is 0 Å². The van der Waals surface area contributed by atoms with Gasteiger partial charge >= 0.3 is 0 Å². The zero-order valence-electron chi connectivity index (χ0n) is 12.9. The van der Waals surface area contributed by atoms with Crippen LogP contribution < -0.4 is 0 Å². The van der Waals surface area contributed by atoms with E-state index in [-0.39, 0.29) is 17.4 Å². The first-order chi connectivity index (χ1) is 10.7. The number of likely N-dealkylation sites (tertiary alicyclic amines) is 1. The summed E-state index contributed by atoms with van der Waals surface area (Å²) in [7, 11) is 0. The Labute approximate surface area is 130 Å². The van der Waals surface area contributed by atoms with E-state index in [2.05, 4.69) is 27.0 Å². The minimum Gasteiger partial charge on any atom is -0.344 e. The summed E-state index contributed by atoms with van der Waals surface area (Å²) in [6.07, 6.45) is 5.84. The van der Waals surface area contributed by atoms with Gasteiger partial charge in [0.25, 0.3) is 0 Å². The molecule has 2 fully saturated rings. The molecule has 1 aromatic carbocycles. The van der Waals surface area contributed by atoms with Gasteiger partial charge in [0.15, 0.2) is 0 Å². The van der Waals surface area contributed by atoms with Crippen molar-refractivity contribution in [2.45, 2.75) is 44.1 Å². The largest absolute Gasteiger partial charge is 0.344 e. The number of amides is 1. The fraction of sp³-hybridized carbons (Fsp3) is 0.444. The van der Waals surface area contributed by atoms with Crippen molar-refractivity contribution in [2.75, 3.05) is 6.54 Å². The monoisotopic (exact) mass is 295 g/mol. The average molecular weight is 295 g/mol. The van der Waals surface area contributed by atoms with Gasteiger partial charge in [0.1, 0.15) is 5.82 Å². The highest BCUT2D eigenvalue weighted by molar-refractivity contribution is 5.91. The Hall–Kier alpha value is -2.10. The van der Waals surface area contributed by atoms with Crippen LogP contribution in [0.4, 0.5) is 0 Å². The first-order valence-corrected chi connectivity index (χ1v) is 8.09. The lowest BCUT2D eigenvalue weighted by molar-refractivity contribution is -0.135. The Morgan fingerprint density at radius 3 is 2.73 bits per heavy atom. The van der Waals surface area contributed by atoms with Gasteiger partial charge in [-0.15, -0.1) is 0 Å². The standard InChI is InChI=1S/C18H21N3O/c1-13-12-19-16(20-13)15-8-5-11-21(15)17(22)18(9-10-18)14-6-3-2-4-7-14/h2-4,6-7,12,15H,5,8-11H2,1H3,(H,19,20)/t15-/m0/s1. The Morgan fingerprint density at radius 1 is 1.32 bits per heavy atom. The number of aromatic nitrogens is 2. The van der Waals surface area contributed by atoms with Crippen LogP contribution in [-0.2, 0) is 10.2 Å². The van der Waals surface area contributed by atoms with Crippen LogP contribution in [0, 0.1) is 6.92 Å². The normalized spacial score (nSPS) is 22.8. The van der Waals surface area contributed by atoms with Crippen molar-refractivity contribution in [3.05, 3.63) is 53.6 Å². The Kier molecular flexibility index (Phi) is 3.06. The van der Waals surface area contributed by atoms with E-state index in [0.29, 0.717) is 0 Å². The second-order valence-electron chi connectivity index (χ2n) is 6.56. The number of aryl methyl sites for hydroxylation is 1. The summed E-state index contributed by atoms with van der Waals surface area (Å²) in [5, 5.41) is 0. The Bertz CT molecular complexity index is 687. The molecule has 1 aliphatic carbocycles. The van der Waals surface area contributed by atoms with Gasteiger partial charge in [0.05, 0.1) is 11.5 Å². The number of H-pyrrole nitrogens is 1. The fourth-order valence-electron chi connectivity index (χ4n) is 3.68. The van der Waals surface area contributed by atoms with Crippen LogP contribution in [0.25, 0.3) is 0 Å². The number of nitrogens with zero attached hydrogens (tertiary/aromatic N) is 2. The van der Waals surface area contributed by atoms with Gasteiger partial charge in [0.2, 0.25) is 5.91 Å². The van der Waals surface area contributed by atoms with Crippen molar-refractivity contribution in [1.82, 2.24) is 14.9 Å². The van der Waals surface area contributed by atoms with Gasteiger partial charge in [-0.1, -0.05) is 30.3 Å². The van der Waals surface area contributed by atoms with Gasteiger partial charge in [-0.25, -0.2) is 4.98 Å². The number of hydrogen-bond acceptors (Lipinski definition) is 2. The molecule has 4 nitrogen and oxygen atoms in total. The number of hydrogen-bond donors (Lipinski definition) is 1. The molecule has 2 heterocycles. The van der Waals surface area contributed by atoms with E-state index >= 15 is 0 Å². The second kappa shape index (κ2) is 4.97. The summed E-state index contributed by atoms with van der Waals surface area (Å²) in [5.74, 6) is 1.22. The molecule has 4 rings (SSSR count). The molecular formula is C18H21N3O. The number of carbonyl (C=O) groups is 1. The van der Waals surface area contributed by atoms with E-state index in [1.165, 1.54) is 5.56 Å². The predicted octanol–water partition coefficient (Wildman–Crippen LogP) is 3.11. The number of rotatable bonds is 3. The lowest BCUT2D eigenvalue weighted by Crippen LogP contribution is -2.39. The third-order valence-electron chi connectivity index (χ3n) is 5.04. The van der Waals surface area contributed by atoms with Crippen LogP contribution in [0.5, 0.6) is 0 Å². The molecule has 2 aliphatic rings. The summed E-state index contributed by atoms with van der Waals surface area (Å²) >= 11 is 0. The summed E-state index contributed by atoms with van der Waals surface area (Å²) in [6, 6.07) is 10.4. The van der Waals surface area contributed by atoms with E-state index in [1.54, 1.807) is 0 Å². The first kappa shape index (κ1) is 13.6. The smallest absolute Gasteiger partial charge is 0.233 e. The number of aromatic amines is 1. The van der Waals surface area contributed by atoms with E-state index in [1.807, 2.05) is 31.3 Å². The van der Waals surface area contributed by atoms with Crippen LogP contribution in [0.2, 0.25) is 0 Å². The zero-order valence-corrected chi connectivity index (χ0v) is 12.9. The van der Waals surface area contributed by atoms with Gasteiger partial charge in [0, 0.05) is 18.4 Å². The molecule has 0 spiro atoms. The predicted molar refractivity (Wildman–Crippen MR) is 84.4 cm³/mol. The third-order valence-corrected chi connectivity index (χ3v) is 5.04. The number of carbonyl (C=O) groups excluding carboxylic acids is 1. The molecule has 22 heavy (non-hydrogen) atoms. The highest BCUT2D eigenvalue weighted by Crippen LogP contribution is 2.51. The lowest BCUT2D eigenvalue weighted by atomic mass is 9.94. The highest BCUT2D eigenvalue weighted by atomic mass is 16.2. The molecule has 4 heteroatoms. The van der Waals surface area contributed by atoms with Crippen LogP contribution >= 0.6 is 0 Å². The van der Waals surface area contributed by atoms with Crippen molar-refractivity contribution in [2.24, 2.45) is 0 Å². The summed E-state index contributed by atoms with van der Waals surface area (Å²) < 4.78 is 0. The van der Waals surface area contributed by atoms with Crippen molar-refractivity contribution in [1.29, 1.82) is 0 Å². The quantitative estimate of drug-likeness (QED) is 0.946. The average Bonchev–Trinajstić information content (AvgIpc) is 3.01. The van der Waals surface area contributed by atoms with E-state index in [9.17, 15) is 4.79 Å². The minimum atomic E-state index is -0.272. The third kappa shape index (κ3) is 2.05. The maximum Gasteiger partial charge on any atom is 0.233 e. The molecule has 114 valence electrons. The molecule has 1 N–H and O–H groups in total. The number of imidazole rings is 1. The summed E-state index contributed by atoms with van der Waals surface area (Å²) in [6.45, 7) is 2.85. The first-order valence-electron chi connectivity index (χ1n) is 8.09. The van der Waals surface area contributed by atoms with Crippen molar-refractivity contribution in [3.8, 4) is 0 Å². The molecule has 1 aliphatic heterocycles. The van der Waals surface area contributed by atoms with Crippen LogP contribution in [0.1, 0.15) is 48.8 Å². The Morgan fingerprint density at radius 2 is 2.09 bits per heavy atom. The molecule has 0 radical (unpaired) electrons.